The third-order valence-electron chi connectivity index (χ3n) is 4.67. The SMILES string of the molecule is CC(NC(=O)[C@@]1(c2ccccc2)C[C@H]1CO)c1ccccc1. The molecule has 1 fully saturated rings. The summed E-state index contributed by atoms with van der Waals surface area (Å²) >= 11 is 0. The van der Waals surface area contributed by atoms with E-state index in [4.69, 9.17) is 0 Å². The Balaban J connectivity index is 1.81. The van der Waals surface area contributed by atoms with Crippen LogP contribution in [0.15, 0.2) is 60.7 Å². The van der Waals surface area contributed by atoms with E-state index in [2.05, 4.69) is 5.32 Å². The second-order valence-electron chi connectivity index (χ2n) is 6.03. The van der Waals surface area contributed by atoms with Crippen molar-refractivity contribution in [1.29, 1.82) is 0 Å². The average molecular weight is 295 g/mol. The molecule has 3 rings (SSSR count). The summed E-state index contributed by atoms with van der Waals surface area (Å²) in [6.07, 6.45) is 0.709. The van der Waals surface area contributed by atoms with Crippen molar-refractivity contribution in [1.82, 2.24) is 5.32 Å². The van der Waals surface area contributed by atoms with Crippen molar-refractivity contribution in [2.45, 2.75) is 24.8 Å². The summed E-state index contributed by atoms with van der Waals surface area (Å²) in [4.78, 5) is 12.9. The number of hydrogen-bond acceptors (Lipinski definition) is 2. The second-order valence-corrected chi connectivity index (χ2v) is 6.03. The van der Waals surface area contributed by atoms with Gasteiger partial charge in [-0.15, -0.1) is 0 Å². The van der Waals surface area contributed by atoms with E-state index >= 15 is 0 Å². The minimum absolute atomic E-state index is 0.00843. The average Bonchev–Trinajstić information content (AvgIpc) is 3.32. The number of benzene rings is 2. The molecule has 3 nitrogen and oxygen atoms in total. The highest BCUT2D eigenvalue weighted by molar-refractivity contribution is 5.92. The Bertz CT molecular complexity index is 641. The maximum absolute atomic E-state index is 12.9. The molecular weight excluding hydrogens is 274 g/mol. The lowest BCUT2D eigenvalue weighted by molar-refractivity contribution is -0.124. The molecule has 1 aliphatic carbocycles. The van der Waals surface area contributed by atoms with Crippen LogP contribution in [0.1, 0.15) is 30.5 Å². The first kappa shape index (κ1) is 14.8. The summed E-state index contributed by atoms with van der Waals surface area (Å²) in [6.45, 7) is 2.03. The van der Waals surface area contributed by atoms with Crippen LogP contribution >= 0.6 is 0 Å². The number of carbonyl (C=O) groups is 1. The fourth-order valence-corrected chi connectivity index (χ4v) is 3.20. The van der Waals surface area contributed by atoms with Crippen molar-refractivity contribution in [3.05, 3.63) is 71.8 Å². The molecule has 3 heteroatoms. The Morgan fingerprint density at radius 2 is 1.77 bits per heavy atom. The maximum Gasteiger partial charge on any atom is 0.231 e. The number of rotatable bonds is 5. The van der Waals surface area contributed by atoms with Crippen molar-refractivity contribution in [2.75, 3.05) is 6.61 Å². The molecule has 0 aromatic heterocycles. The third kappa shape index (κ3) is 2.53. The van der Waals surface area contributed by atoms with E-state index in [9.17, 15) is 9.90 Å². The molecule has 0 aliphatic heterocycles. The molecule has 3 atom stereocenters. The molecule has 2 aromatic carbocycles. The summed E-state index contributed by atoms with van der Waals surface area (Å²) in [6, 6.07) is 19.7. The number of aliphatic hydroxyl groups excluding tert-OH is 1. The summed E-state index contributed by atoms with van der Waals surface area (Å²) in [5.41, 5.74) is 1.51. The van der Waals surface area contributed by atoms with E-state index in [1.807, 2.05) is 67.6 Å². The van der Waals surface area contributed by atoms with Gasteiger partial charge < -0.3 is 10.4 Å². The standard InChI is InChI=1S/C19H21NO2/c1-14(15-8-4-2-5-9-15)20-18(22)19(12-17(19)13-21)16-10-6-3-7-11-16/h2-11,14,17,21H,12-13H2,1H3,(H,20,22)/t14?,17-,19+/m0/s1. The summed E-state index contributed by atoms with van der Waals surface area (Å²) in [7, 11) is 0. The van der Waals surface area contributed by atoms with Crippen LogP contribution in [-0.4, -0.2) is 17.6 Å². The molecule has 2 N–H and O–H groups in total. The monoisotopic (exact) mass is 295 g/mol. The van der Waals surface area contributed by atoms with Crippen molar-refractivity contribution in [3.63, 3.8) is 0 Å². The van der Waals surface area contributed by atoms with E-state index in [1.165, 1.54) is 0 Å². The van der Waals surface area contributed by atoms with Crippen LogP contribution in [-0.2, 0) is 10.2 Å². The van der Waals surface area contributed by atoms with Crippen molar-refractivity contribution < 1.29 is 9.90 Å². The highest BCUT2D eigenvalue weighted by Gasteiger charge is 2.60. The summed E-state index contributed by atoms with van der Waals surface area (Å²) in [5, 5.41) is 12.6. The Hall–Kier alpha value is -2.13. The summed E-state index contributed by atoms with van der Waals surface area (Å²) in [5.74, 6) is 0.0203. The molecule has 0 saturated heterocycles. The normalized spacial score (nSPS) is 24.5. The van der Waals surface area contributed by atoms with Crippen LogP contribution in [0.5, 0.6) is 0 Å². The zero-order valence-electron chi connectivity index (χ0n) is 12.7. The molecule has 0 bridgehead atoms. The number of nitrogens with one attached hydrogen (secondary N) is 1. The number of aliphatic hydroxyl groups is 1. The number of hydrogen-bond donors (Lipinski definition) is 2. The Morgan fingerprint density at radius 3 is 2.32 bits per heavy atom. The molecule has 1 amide bonds. The van der Waals surface area contributed by atoms with E-state index in [0.29, 0.717) is 6.42 Å². The van der Waals surface area contributed by atoms with Gasteiger partial charge in [-0.3, -0.25) is 4.79 Å². The molecule has 1 saturated carbocycles. The Morgan fingerprint density at radius 1 is 1.18 bits per heavy atom. The van der Waals surface area contributed by atoms with Gasteiger partial charge in [0.25, 0.3) is 0 Å². The quantitative estimate of drug-likeness (QED) is 0.891. The fourth-order valence-electron chi connectivity index (χ4n) is 3.20. The van der Waals surface area contributed by atoms with Gasteiger partial charge in [0.2, 0.25) is 5.91 Å². The highest BCUT2D eigenvalue weighted by atomic mass is 16.3. The van der Waals surface area contributed by atoms with Gasteiger partial charge in [0.1, 0.15) is 0 Å². The summed E-state index contributed by atoms with van der Waals surface area (Å²) < 4.78 is 0. The third-order valence-corrected chi connectivity index (χ3v) is 4.67. The predicted octanol–water partition coefficient (Wildman–Crippen LogP) is 2.81. The van der Waals surface area contributed by atoms with E-state index in [1.54, 1.807) is 0 Å². The van der Waals surface area contributed by atoms with Gasteiger partial charge in [0.05, 0.1) is 11.5 Å². The van der Waals surface area contributed by atoms with Crippen molar-refractivity contribution >= 4 is 5.91 Å². The topological polar surface area (TPSA) is 49.3 Å². The first-order valence-electron chi connectivity index (χ1n) is 7.71. The van der Waals surface area contributed by atoms with Crippen LogP contribution in [0.25, 0.3) is 0 Å². The first-order chi connectivity index (χ1) is 10.7. The first-order valence-corrected chi connectivity index (χ1v) is 7.71. The largest absolute Gasteiger partial charge is 0.396 e. The van der Waals surface area contributed by atoms with Gasteiger partial charge in [-0.05, 0) is 24.5 Å². The number of carbonyl (C=O) groups excluding carboxylic acids is 1. The van der Waals surface area contributed by atoms with Crippen LogP contribution in [0.4, 0.5) is 0 Å². The molecule has 114 valence electrons. The molecule has 0 spiro atoms. The Labute approximate surface area is 131 Å². The van der Waals surface area contributed by atoms with Gasteiger partial charge in [-0.1, -0.05) is 60.7 Å². The molecule has 2 aromatic rings. The highest BCUT2D eigenvalue weighted by Crippen LogP contribution is 2.54. The van der Waals surface area contributed by atoms with Crippen LogP contribution in [0, 0.1) is 5.92 Å². The molecule has 22 heavy (non-hydrogen) atoms. The lowest BCUT2D eigenvalue weighted by Crippen LogP contribution is -2.38. The Kier molecular flexibility index (Phi) is 3.99. The minimum Gasteiger partial charge on any atom is -0.396 e. The van der Waals surface area contributed by atoms with Gasteiger partial charge in [0.15, 0.2) is 0 Å². The van der Waals surface area contributed by atoms with E-state index in [-0.39, 0.29) is 24.5 Å². The lowest BCUT2D eigenvalue weighted by atomic mass is 9.91. The predicted molar refractivity (Wildman–Crippen MR) is 86.3 cm³/mol. The minimum atomic E-state index is -0.570. The van der Waals surface area contributed by atoms with Gasteiger partial charge in [0, 0.05) is 12.5 Å². The number of amides is 1. The van der Waals surface area contributed by atoms with Crippen LogP contribution < -0.4 is 5.32 Å². The zero-order valence-corrected chi connectivity index (χ0v) is 12.7. The fraction of sp³-hybridized carbons (Fsp3) is 0.316. The van der Waals surface area contributed by atoms with Crippen molar-refractivity contribution in [2.24, 2.45) is 5.92 Å². The molecule has 1 aliphatic rings. The van der Waals surface area contributed by atoms with Gasteiger partial charge in [-0.25, -0.2) is 0 Å². The van der Waals surface area contributed by atoms with Crippen LogP contribution in [0.3, 0.4) is 0 Å². The second kappa shape index (κ2) is 5.93. The van der Waals surface area contributed by atoms with Crippen molar-refractivity contribution in [3.8, 4) is 0 Å². The lowest BCUT2D eigenvalue weighted by Gasteiger charge is -2.21. The maximum atomic E-state index is 12.9. The molecule has 1 unspecified atom stereocenters. The van der Waals surface area contributed by atoms with E-state index < -0.39 is 5.41 Å². The molecular formula is C19H21NO2. The van der Waals surface area contributed by atoms with Gasteiger partial charge in [-0.2, -0.15) is 0 Å². The van der Waals surface area contributed by atoms with Crippen LogP contribution in [0.2, 0.25) is 0 Å². The van der Waals surface area contributed by atoms with E-state index in [0.717, 1.165) is 11.1 Å². The molecule has 0 heterocycles. The smallest absolute Gasteiger partial charge is 0.231 e. The molecule has 0 radical (unpaired) electrons. The zero-order chi connectivity index (χ0) is 15.6. The van der Waals surface area contributed by atoms with Gasteiger partial charge >= 0.3 is 0 Å².